The molecule has 3 heterocycles. The molecule has 3 aliphatic carbocycles. The highest BCUT2D eigenvalue weighted by atomic mass is 32.2. The second-order valence-electron chi connectivity index (χ2n) is 18.1. The van der Waals surface area contributed by atoms with Gasteiger partial charge >= 0.3 is 12.8 Å². The average molecular weight is 935 g/mol. The Morgan fingerprint density at radius 3 is 2.27 bits per heavy atom. The van der Waals surface area contributed by atoms with Crippen LogP contribution in [0.15, 0.2) is 18.2 Å². The number of sulfonamides is 1. The second-order valence-corrected chi connectivity index (χ2v) is 20.3. The number of benzene rings is 1. The lowest BCUT2D eigenvalue weighted by Crippen LogP contribution is -2.59. The Morgan fingerprint density at radius 1 is 0.984 bits per heavy atom. The van der Waals surface area contributed by atoms with Crippen molar-refractivity contribution in [1.29, 1.82) is 0 Å². The average Bonchev–Trinajstić information content (AvgIpc) is 4.06. The van der Waals surface area contributed by atoms with Crippen LogP contribution in [0, 0.1) is 23.7 Å². The highest BCUT2D eigenvalue weighted by Crippen LogP contribution is 2.49. The number of nitrogens with zero attached hydrogens (tertiary/aromatic N) is 3. The summed E-state index contributed by atoms with van der Waals surface area (Å²) in [4.78, 5) is 65.9. The number of halogens is 5. The predicted molar refractivity (Wildman–Crippen MR) is 227 cm³/mol. The Bertz CT molecular complexity index is 2090. The van der Waals surface area contributed by atoms with Gasteiger partial charge in [0.2, 0.25) is 34.1 Å². The monoisotopic (exact) mass is 934 g/mol. The van der Waals surface area contributed by atoms with E-state index in [1.807, 2.05) is 4.72 Å². The summed E-state index contributed by atoms with van der Waals surface area (Å²) >= 11 is 0. The minimum atomic E-state index is -4.22. The first-order chi connectivity index (χ1) is 30.1. The summed E-state index contributed by atoms with van der Waals surface area (Å²) in [6, 6.07) is 3.96. The van der Waals surface area contributed by atoms with Crippen LogP contribution in [0.5, 0.6) is 11.6 Å². The molecule has 4 amide bonds. The first-order valence-electron chi connectivity index (χ1n) is 22.0. The number of aromatic nitrogens is 2. The van der Waals surface area contributed by atoms with Crippen molar-refractivity contribution in [3.05, 3.63) is 23.9 Å². The number of hydrogen-bond acceptors (Lipinski definition) is 11. The molecule has 21 heteroatoms. The molecular formula is C43H63F5N6O9S. The standard InChI is InChI=1S/C38H50F2N6O9S.C4H10.CHF3.H2/c1-4-23-29-20-46(31(23)33(48)44-38(18-24(38)32(39)40)35(49)45-56(51,52)37(2)15-16-37)30(47)19-41-36(50)55-28-12-8-10-21(28)9-6-5-7-11-26-34(54-29)43-27-17-22(53-3)13-14-25(27)42-26;1-4(2)3;2-1(3)4;/h13-14,17,21,23-24,28-29,31-32H,4-12,15-16,18-20H2,1-3H3,(H,41,50)(H,44,48)(H,45,49);4H,1-3H3;1H;1H/t21-,23-,24+,28+,29+,31+,38-;;;/m1.../s1. The van der Waals surface area contributed by atoms with Crippen LogP contribution < -0.4 is 24.8 Å². The number of rotatable bonds is 8. The Morgan fingerprint density at radius 2 is 1.66 bits per heavy atom. The summed E-state index contributed by atoms with van der Waals surface area (Å²) in [7, 11) is -2.69. The molecule has 1 aromatic heterocycles. The predicted octanol–water partition coefficient (Wildman–Crippen LogP) is 6.86. The number of fused-ring (bicyclic) bond motifs is 5. The lowest BCUT2D eigenvalue weighted by atomic mass is 9.94. The highest BCUT2D eigenvalue weighted by Gasteiger charge is 2.67. The summed E-state index contributed by atoms with van der Waals surface area (Å²) in [5.41, 5.74) is -0.498. The summed E-state index contributed by atoms with van der Waals surface area (Å²) in [5.74, 6) is -3.46. The number of hydrogen-bond donors (Lipinski definition) is 3. The van der Waals surface area contributed by atoms with Crippen LogP contribution in [0.1, 0.15) is 112 Å². The van der Waals surface area contributed by atoms with Crippen molar-refractivity contribution in [2.24, 2.45) is 23.7 Å². The van der Waals surface area contributed by atoms with Crippen LogP contribution in [-0.2, 0) is 35.6 Å². The first kappa shape index (κ1) is 50.4. The zero-order valence-electron chi connectivity index (χ0n) is 37.1. The molecule has 7 atom stereocenters. The molecule has 0 unspecified atom stereocenters. The fourth-order valence-corrected chi connectivity index (χ4v) is 9.90. The van der Waals surface area contributed by atoms with E-state index in [-0.39, 0.29) is 32.3 Å². The molecule has 360 valence electrons. The zero-order chi connectivity index (χ0) is 47.1. The number of amides is 4. The van der Waals surface area contributed by atoms with E-state index in [0.29, 0.717) is 48.2 Å². The van der Waals surface area contributed by atoms with Gasteiger partial charge in [0.05, 0.1) is 35.4 Å². The van der Waals surface area contributed by atoms with Crippen LogP contribution in [0.25, 0.3) is 11.0 Å². The van der Waals surface area contributed by atoms with Crippen LogP contribution in [-0.4, -0.2) is 109 Å². The van der Waals surface area contributed by atoms with E-state index in [4.69, 9.17) is 24.2 Å². The lowest BCUT2D eigenvalue weighted by molar-refractivity contribution is -0.140. The topological polar surface area (TPSA) is 195 Å². The molecule has 5 aliphatic rings. The van der Waals surface area contributed by atoms with Gasteiger partial charge in [0, 0.05) is 13.4 Å². The van der Waals surface area contributed by atoms with Crippen LogP contribution >= 0.6 is 0 Å². The van der Waals surface area contributed by atoms with Crippen molar-refractivity contribution in [2.75, 3.05) is 20.2 Å². The summed E-state index contributed by atoms with van der Waals surface area (Å²) in [6.45, 7) is 5.37. The van der Waals surface area contributed by atoms with Crippen molar-refractivity contribution >= 4 is 44.9 Å². The number of ether oxygens (including phenoxy) is 3. The van der Waals surface area contributed by atoms with Gasteiger partial charge in [-0.15, -0.1) is 0 Å². The van der Waals surface area contributed by atoms with Crippen molar-refractivity contribution in [1.82, 2.24) is 30.2 Å². The number of methoxy groups -OCH3 is 1. The maximum Gasteiger partial charge on any atom is 0.407 e. The van der Waals surface area contributed by atoms with Crippen LogP contribution in [0.4, 0.5) is 26.7 Å². The smallest absolute Gasteiger partial charge is 0.407 e. The molecule has 2 aliphatic heterocycles. The van der Waals surface area contributed by atoms with Gasteiger partial charge in [-0.05, 0) is 95.1 Å². The number of nitrogens with one attached hydrogen (secondary N) is 3. The maximum atomic E-state index is 14.4. The summed E-state index contributed by atoms with van der Waals surface area (Å²) < 4.78 is 102. The van der Waals surface area contributed by atoms with Crippen molar-refractivity contribution in [2.45, 2.75) is 153 Å². The van der Waals surface area contributed by atoms with Gasteiger partial charge < -0.3 is 29.7 Å². The highest BCUT2D eigenvalue weighted by molar-refractivity contribution is 7.91. The molecule has 2 aromatic rings. The molecule has 64 heavy (non-hydrogen) atoms. The fraction of sp³-hybridized carbons (Fsp3) is 0.721. The van der Waals surface area contributed by atoms with Gasteiger partial charge in [0.15, 0.2) is 0 Å². The Kier molecular flexibility index (Phi) is 16.7. The molecule has 2 bridgehead atoms. The Balaban J connectivity index is 0.000000950. The van der Waals surface area contributed by atoms with E-state index >= 15 is 0 Å². The number of carbonyl (C=O) groups is 4. The minimum Gasteiger partial charge on any atom is -0.497 e. The molecule has 0 spiro atoms. The maximum absolute atomic E-state index is 14.4. The molecule has 3 saturated carbocycles. The number of aryl methyl sites for hydroxylation is 1. The van der Waals surface area contributed by atoms with E-state index in [1.54, 1.807) is 25.1 Å². The van der Waals surface area contributed by atoms with Crippen LogP contribution in [0.2, 0.25) is 0 Å². The third-order valence-corrected chi connectivity index (χ3v) is 14.6. The van der Waals surface area contributed by atoms with Gasteiger partial charge in [-0.3, -0.25) is 19.1 Å². The van der Waals surface area contributed by atoms with Gasteiger partial charge in [0.1, 0.15) is 41.8 Å². The third-order valence-electron chi connectivity index (χ3n) is 12.4. The second kappa shape index (κ2) is 21.2. The van der Waals surface area contributed by atoms with E-state index in [2.05, 4.69) is 31.4 Å². The molecule has 4 fully saturated rings. The van der Waals surface area contributed by atoms with Gasteiger partial charge in [0.25, 0.3) is 5.91 Å². The molecule has 0 radical (unpaired) electrons. The van der Waals surface area contributed by atoms with Gasteiger partial charge in [-0.2, -0.15) is 13.2 Å². The quantitative estimate of drug-likeness (QED) is 0.234. The lowest BCUT2D eigenvalue weighted by Gasteiger charge is -2.29. The number of alkyl halides is 5. The molecule has 7 rings (SSSR count). The fourth-order valence-electron chi connectivity index (χ4n) is 8.58. The summed E-state index contributed by atoms with van der Waals surface area (Å²) in [6.07, 6.45) is 1.95. The van der Waals surface area contributed by atoms with Gasteiger partial charge in [-0.1, -0.05) is 40.5 Å². The Hall–Kier alpha value is -4.56. The third kappa shape index (κ3) is 12.2. The molecule has 15 nitrogen and oxygen atoms in total. The van der Waals surface area contributed by atoms with Gasteiger partial charge in [-0.25, -0.2) is 32.0 Å². The summed E-state index contributed by atoms with van der Waals surface area (Å²) in [5, 5.41) is 5.00. The number of alkyl carbamates (subject to hydrolysis) is 1. The SMILES string of the molecule is CC(C)C.CC[C@@H]1[C@@H]2CN(C(=O)CNC(=O)O[C@H]3CCC[C@H]3CCCCCc3nc4ccc(OC)cc4nc3O2)[C@@H]1C(=O)N[C@]1(C(=O)NS(=O)(=O)C2(C)CC2)C[C@H]1C(F)F.FC(F)F.[HH]. The largest absolute Gasteiger partial charge is 0.497 e. The zero-order valence-corrected chi connectivity index (χ0v) is 38.0. The normalized spacial score (nSPS) is 27.8. The van der Waals surface area contributed by atoms with Crippen LogP contribution in [0.3, 0.4) is 0 Å². The van der Waals surface area contributed by atoms with E-state index < -0.39 is 94.2 Å². The van der Waals surface area contributed by atoms with Crippen molar-refractivity contribution in [3.63, 3.8) is 0 Å². The minimum absolute atomic E-state index is 0. The number of carbonyl (C=O) groups excluding carboxylic acids is 4. The molecule has 3 N–H and O–H groups in total. The molecule has 1 aromatic carbocycles. The first-order valence-corrected chi connectivity index (χ1v) is 23.5. The Labute approximate surface area is 372 Å². The molecule has 1 saturated heterocycles. The van der Waals surface area contributed by atoms with E-state index in [1.165, 1.54) is 18.9 Å². The van der Waals surface area contributed by atoms with E-state index in [0.717, 1.165) is 44.4 Å². The molecular weight excluding hydrogens is 872 g/mol. The van der Waals surface area contributed by atoms with Crippen molar-refractivity contribution < 1.29 is 65.2 Å². The van der Waals surface area contributed by atoms with Crippen molar-refractivity contribution in [3.8, 4) is 11.6 Å². The van der Waals surface area contributed by atoms with E-state index in [9.17, 15) is 49.5 Å².